The van der Waals surface area contributed by atoms with Gasteiger partial charge >= 0.3 is 0 Å². The van der Waals surface area contributed by atoms with Crippen LogP contribution in [0.3, 0.4) is 0 Å². The van der Waals surface area contributed by atoms with Gasteiger partial charge in [0.05, 0.1) is 35.9 Å². The van der Waals surface area contributed by atoms with Gasteiger partial charge in [-0.3, -0.25) is 0 Å². The number of hydrogen-bond acceptors (Lipinski definition) is 4. The molecule has 0 bridgehead atoms. The van der Waals surface area contributed by atoms with Crippen molar-refractivity contribution < 1.29 is 14.2 Å². The standard InChI is InChI=1S/C28H21Cl2NO3/c1-32-26-11-10-20(15-27(26)33-2)22(16-31)12-18-13-24(29)28(25(30)14-18)34-17-21-8-5-7-19-6-3-4-9-23(19)21/h3-15H,17H2,1-2H3/b22-12+. The van der Waals surface area contributed by atoms with Crippen LogP contribution in [0.1, 0.15) is 16.7 Å². The summed E-state index contributed by atoms with van der Waals surface area (Å²) in [5.74, 6) is 1.52. The van der Waals surface area contributed by atoms with E-state index < -0.39 is 0 Å². The number of nitriles is 1. The van der Waals surface area contributed by atoms with Crippen molar-refractivity contribution in [1.82, 2.24) is 0 Å². The zero-order valence-corrected chi connectivity index (χ0v) is 20.2. The fourth-order valence-corrected chi connectivity index (χ4v) is 4.33. The number of hydrogen-bond donors (Lipinski definition) is 0. The quantitative estimate of drug-likeness (QED) is 0.196. The second-order valence-electron chi connectivity index (χ2n) is 7.48. The van der Waals surface area contributed by atoms with Crippen molar-refractivity contribution in [2.24, 2.45) is 0 Å². The summed E-state index contributed by atoms with van der Waals surface area (Å²) in [5.41, 5.74) is 2.83. The average Bonchev–Trinajstić information content (AvgIpc) is 2.86. The third-order valence-corrected chi connectivity index (χ3v) is 5.96. The molecule has 0 aliphatic rings. The minimum Gasteiger partial charge on any atom is -0.493 e. The minimum atomic E-state index is 0.324. The lowest BCUT2D eigenvalue weighted by Crippen LogP contribution is -1.98. The molecule has 0 fully saturated rings. The lowest BCUT2D eigenvalue weighted by atomic mass is 10.0. The van der Waals surface area contributed by atoms with Gasteiger partial charge in [0.1, 0.15) is 6.61 Å². The van der Waals surface area contributed by atoms with Crippen LogP contribution in [0, 0.1) is 11.3 Å². The van der Waals surface area contributed by atoms with Gasteiger partial charge in [-0.15, -0.1) is 0 Å². The monoisotopic (exact) mass is 489 g/mol. The molecule has 0 radical (unpaired) electrons. The zero-order valence-electron chi connectivity index (χ0n) is 18.6. The predicted molar refractivity (Wildman–Crippen MR) is 138 cm³/mol. The Morgan fingerprint density at radius 1 is 0.882 bits per heavy atom. The van der Waals surface area contributed by atoms with E-state index in [1.807, 2.05) is 24.3 Å². The average molecular weight is 490 g/mol. The fraction of sp³-hybridized carbons (Fsp3) is 0.107. The van der Waals surface area contributed by atoms with Crippen LogP contribution in [0.5, 0.6) is 17.2 Å². The molecule has 0 aromatic heterocycles. The van der Waals surface area contributed by atoms with Gasteiger partial charge in [0.2, 0.25) is 0 Å². The van der Waals surface area contributed by atoms with E-state index in [2.05, 4.69) is 24.3 Å². The molecule has 0 amide bonds. The molecule has 0 saturated carbocycles. The highest BCUT2D eigenvalue weighted by Gasteiger charge is 2.13. The summed E-state index contributed by atoms with van der Waals surface area (Å²) in [4.78, 5) is 0. The summed E-state index contributed by atoms with van der Waals surface area (Å²) in [5, 5.41) is 12.7. The zero-order chi connectivity index (χ0) is 24.1. The summed E-state index contributed by atoms with van der Waals surface area (Å²) in [7, 11) is 3.11. The van der Waals surface area contributed by atoms with Gasteiger partial charge in [0.15, 0.2) is 17.2 Å². The number of allylic oxidation sites excluding steroid dienone is 1. The number of nitrogens with zero attached hydrogens (tertiary/aromatic N) is 1. The molecule has 6 heteroatoms. The highest BCUT2D eigenvalue weighted by Crippen LogP contribution is 2.37. The number of benzene rings is 4. The highest BCUT2D eigenvalue weighted by molar-refractivity contribution is 6.37. The molecular formula is C28H21Cl2NO3. The molecule has 0 spiro atoms. The summed E-state index contributed by atoms with van der Waals surface area (Å²) in [6.45, 7) is 0.324. The van der Waals surface area contributed by atoms with Crippen LogP contribution in [0.15, 0.2) is 72.8 Å². The Bertz CT molecular complexity index is 1390. The van der Waals surface area contributed by atoms with Crippen LogP contribution in [0.2, 0.25) is 10.0 Å². The normalized spacial score (nSPS) is 11.2. The Labute approximate surface area is 208 Å². The van der Waals surface area contributed by atoms with Crippen molar-refractivity contribution in [3.63, 3.8) is 0 Å². The first-order valence-corrected chi connectivity index (χ1v) is 11.2. The molecule has 4 aromatic carbocycles. The second-order valence-corrected chi connectivity index (χ2v) is 8.29. The minimum absolute atomic E-state index is 0.324. The van der Waals surface area contributed by atoms with Gasteiger partial charge in [-0.05, 0) is 63.9 Å². The largest absolute Gasteiger partial charge is 0.493 e. The topological polar surface area (TPSA) is 51.5 Å². The molecule has 0 N–H and O–H groups in total. The smallest absolute Gasteiger partial charge is 0.161 e. The van der Waals surface area contributed by atoms with Gasteiger partial charge in [0, 0.05) is 0 Å². The van der Waals surface area contributed by atoms with Crippen LogP contribution >= 0.6 is 23.2 Å². The van der Waals surface area contributed by atoms with E-state index in [0.717, 1.165) is 16.3 Å². The Balaban J connectivity index is 1.60. The van der Waals surface area contributed by atoms with Crippen molar-refractivity contribution in [3.05, 3.63) is 99.5 Å². The van der Waals surface area contributed by atoms with Crippen molar-refractivity contribution in [2.45, 2.75) is 6.61 Å². The molecule has 0 unspecified atom stereocenters. The van der Waals surface area contributed by atoms with E-state index in [4.69, 9.17) is 37.4 Å². The molecule has 0 heterocycles. The number of ether oxygens (including phenoxy) is 3. The van der Waals surface area contributed by atoms with Crippen molar-refractivity contribution in [3.8, 4) is 23.3 Å². The molecule has 34 heavy (non-hydrogen) atoms. The van der Waals surface area contributed by atoms with E-state index in [-0.39, 0.29) is 0 Å². The Hall–Kier alpha value is -3.65. The number of fused-ring (bicyclic) bond motifs is 1. The lowest BCUT2D eigenvalue weighted by Gasteiger charge is -2.13. The van der Waals surface area contributed by atoms with Crippen molar-refractivity contribution in [2.75, 3.05) is 14.2 Å². The van der Waals surface area contributed by atoms with E-state index in [9.17, 15) is 5.26 Å². The first-order valence-electron chi connectivity index (χ1n) is 10.5. The predicted octanol–water partition coefficient (Wildman–Crippen LogP) is 7.81. The van der Waals surface area contributed by atoms with Crippen molar-refractivity contribution >= 4 is 45.6 Å². The maximum absolute atomic E-state index is 9.74. The molecule has 0 aliphatic carbocycles. The van der Waals surface area contributed by atoms with Gasteiger partial charge in [0.25, 0.3) is 0 Å². The third kappa shape index (κ3) is 4.97. The van der Waals surface area contributed by atoms with Crippen LogP contribution in [0.25, 0.3) is 22.4 Å². The van der Waals surface area contributed by atoms with E-state index >= 15 is 0 Å². The van der Waals surface area contributed by atoms with Crippen LogP contribution < -0.4 is 14.2 Å². The molecule has 4 rings (SSSR count). The number of methoxy groups -OCH3 is 2. The molecule has 4 nitrogen and oxygen atoms in total. The lowest BCUT2D eigenvalue weighted by molar-refractivity contribution is 0.308. The van der Waals surface area contributed by atoms with E-state index in [1.165, 1.54) is 0 Å². The number of halogens is 2. The fourth-order valence-electron chi connectivity index (χ4n) is 3.72. The Morgan fingerprint density at radius 3 is 2.29 bits per heavy atom. The second kappa shape index (κ2) is 10.5. The molecule has 0 aliphatic heterocycles. The molecule has 4 aromatic rings. The Kier molecular flexibility index (Phi) is 7.27. The first kappa shape index (κ1) is 23.5. The molecule has 0 saturated heterocycles. The van der Waals surface area contributed by atoms with Crippen LogP contribution in [-0.4, -0.2) is 14.2 Å². The summed E-state index contributed by atoms with van der Waals surface area (Å²) in [6, 6.07) is 25.2. The molecule has 170 valence electrons. The first-order chi connectivity index (χ1) is 16.5. The summed E-state index contributed by atoms with van der Waals surface area (Å²) in [6.07, 6.45) is 1.72. The molecular weight excluding hydrogens is 469 g/mol. The highest BCUT2D eigenvalue weighted by atomic mass is 35.5. The number of rotatable bonds is 7. The van der Waals surface area contributed by atoms with Crippen molar-refractivity contribution in [1.29, 1.82) is 5.26 Å². The van der Waals surface area contributed by atoms with Crippen LogP contribution in [0.4, 0.5) is 0 Å². The van der Waals surface area contributed by atoms with Gasteiger partial charge in [-0.1, -0.05) is 65.7 Å². The van der Waals surface area contributed by atoms with Gasteiger partial charge in [-0.25, -0.2) is 0 Å². The molecule has 0 atom stereocenters. The maximum Gasteiger partial charge on any atom is 0.161 e. The van der Waals surface area contributed by atoms with Crippen LogP contribution in [-0.2, 0) is 6.61 Å². The Morgan fingerprint density at radius 2 is 1.59 bits per heavy atom. The SMILES string of the molecule is COc1ccc(/C(C#N)=C/c2cc(Cl)c(OCc3cccc4ccccc34)c(Cl)c2)cc1OC. The summed E-state index contributed by atoms with van der Waals surface area (Å²) < 4.78 is 16.6. The summed E-state index contributed by atoms with van der Waals surface area (Å²) >= 11 is 13.0. The van der Waals surface area contributed by atoms with Gasteiger partial charge in [-0.2, -0.15) is 5.26 Å². The van der Waals surface area contributed by atoms with Gasteiger partial charge < -0.3 is 14.2 Å². The maximum atomic E-state index is 9.74. The van der Waals surface area contributed by atoms with E-state index in [0.29, 0.717) is 50.6 Å². The van der Waals surface area contributed by atoms with E-state index in [1.54, 1.807) is 50.6 Å². The third-order valence-electron chi connectivity index (χ3n) is 5.40.